The largest absolute Gasteiger partial charge is 0.496 e. The first kappa shape index (κ1) is 50.4. The quantitative estimate of drug-likeness (QED) is 0.0757. The standard InChI is InChI=1S/C28H36F2N2O4.C23H28F2N2O2/c1-28(2,3)36-27(34)32-15-13-19(14-16-32)21-17-24(23(30)18-22(21)29)31-26(33)12-8-6-10-20-9-5-7-11-25(20)35-4;1-29-22-8-4-2-6-17(22)7-3-5-9-23(28)27-21-14-18(19(24)15-20(21)25)16-10-12-26-13-11-16/h5,7,9,11,17-19H,6,8,10,12-16H2,1-4H3,(H,31,33);2,4,6,8,14-16,26H,3,5,7,9-13H2,1H3,(H,27,28). The number of hydrogen-bond donors (Lipinski definition) is 3. The summed E-state index contributed by atoms with van der Waals surface area (Å²) in [6, 6.07) is 20.1. The molecule has 0 saturated carbocycles. The van der Waals surface area contributed by atoms with Gasteiger partial charge >= 0.3 is 6.09 Å². The summed E-state index contributed by atoms with van der Waals surface area (Å²) < 4.78 is 73.6. The number of hydrogen-bond acceptors (Lipinski definition) is 7. The number of piperidine rings is 2. The first-order valence-electron chi connectivity index (χ1n) is 22.7. The Kier molecular flexibility index (Phi) is 19.1. The van der Waals surface area contributed by atoms with E-state index in [0.717, 1.165) is 86.4 Å². The molecule has 0 unspecified atom stereocenters. The second-order valence-corrected chi connectivity index (χ2v) is 17.6. The number of benzene rings is 4. The minimum absolute atomic E-state index is 0.0179. The molecule has 2 heterocycles. The van der Waals surface area contributed by atoms with Crippen LogP contribution in [0.15, 0.2) is 72.8 Å². The molecule has 10 nitrogen and oxygen atoms in total. The van der Waals surface area contributed by atoms with Gasteiger partial charge < -0.3 is 35.1 Å². The van der Waals surface area contributed by atoms with E-state index >= 15 is 0 Å². The summed E-state index contributed by atoms with van der Waals surface area (Å²) in [7, 11) is 3.27. The predicted molar refractivity (Wildman–Crippen MR) is 246 cm³/mol. The van der Waals surface area contributed by atoms with E-state index in [4.69, 9.17) is 14.2 Å². The molecule has 2 aliphatic rings. The van der Waals surface area contributed by atoms with E-state index in [1.807, 2.05) is 69.3 Å². The average Bonchev–Trinajstić information content (AvgIpc) is 3.28. The smallest absolute Gasteiger partial charge is 0.410 e. The maximum absolute atomic E-state index is 14.6. The van der Waals surface area contributed by atoms with Gasteiger partial charge in [0, 0.05) is 38.1 Å². The van der Waals surface area contributed by atoms with Crippen molar-refractivity contribution in [2.45, 2.75) is 115 Å². The molecule has 2 fully saturated rings. The van der Waals surface area contributed by atoms with Crippen LogP contribution >= 0.6 is 0 Å². The lowest BCUT2D eigenvalue weighted by atomic mass is 9.88. The highest BCUT2D eigenvalue weighted by molar-refractivity contribution is 5.91. The number of halogens is 4. The molecule has 14 heteroatoms. The lowest BCUT2D eigenvalue weighted by molar-refractivity contribution is -0.117. The number of amides is 3. The molecule has 0 spiro atoms. The number of para-hydroxylation sites is 2. The molecule has 2 aliphatic heterocycles. The molecule has 3 N–H and O–H groups in total. The van der Waals surface area contributed by atoms with Gasteiger partial charge in [0.05, 0.1) is 25.6 Å². The summed E-state index contributed by atoms with van der Waals surface area (Å²) in [5.74, 6) is -1.75. The Balaban J connectivity index is 0.000000250. The van der Waals surface area contributed by atoms with E-state index in [-0.39, 0.29) is 54.0 Å². The molecule has 0 radical (unpaired) electrons. The number of nitrogens with one attached hydrogen (secondary N) is 3. The molecule has 4 aromatic rings. The molecule has 65 heavy (non-hydrogen) atoms. The lowest BCUT2D eigenvalue weighted by Crippen LogP contribution is -2.41. The van der Waals surface area contributed by atoms with Gasteiger partial charge in [-0.25, -0.2) is 22.4 Å². The first-order chi connectivity index (χ1) is 31.1. The van der Waals surface area contributed by atoms with Gasteiger partial charge in [-0.1, -0.05) is 36.4 Å². The van der Waals surface area contributed by atoms with Crippen LogP contribution in [0.4, 0.5) is 33.7 Å². The van der Waals surface area contributed by atoms with Crippen LogP contribution in [0.5, 0.6) is 11.5 Å². The van der Waals surface area contributed by atoms with Gasteiger partial charge in [-0.15, -0.1) is 0 Å². The van der Waals surface area contributed by atoms with Crippen LogP contribution in [0, 0.1) is 23.3 Å². The monoisotopic (exact) mass is 904 g/mol. The molecule has 6 rings (SSSR count). The van der Waals surface area contributed by atoms with E-state index in [9.17, 15) is 31.9 Å². The molecule has 2 saturated heterocycles. The Morgan fingerprint density at radius 3 is 1.49 bits per heavy atom. The second-order valence-electron chi connectivity index (χ2n) is 17.6. The SMILES string of the molecule is COc1ccccc1CCCCC(=O)Nc1cc(C2CCN(C(=O)OC(C)(C)C)CC2)c(F)cc1F.COc1ccccc1CCCCC(=O)Nc1cc(C2CCNCC2)c(F)cc1F. The minimum atomic E-state index is -0.801. The number of methoxy groups -OCH3 is 2. The highest BCUT2D eigenvalue weighted by Crippen LogP contribution is 2.34. The van der Waals surface area contributed by atoms with Crippen LogP contribution in [0.25, 0.3) is 0 Å². The van der Waals surface area contributed by atoms with Gasteiger partial charge in [0.25, 0.3) is 0 Å². The Morgan fingerprint density at radius 2 is 1.06 bits per heavy atom. The van der Waals surface area contributed by atoms with E-state index in [1.54, 1.807) is 19.1 Å². The Bertz CT molecular complexity index is 2200. The summed E-state index contributed by atoms with van der Waals surface area (Å²) in [4.78, 5) is 38.6. The van der Waals surface area contributed by atoms with E-state index in [2.05, 4.69) is 16.0 Å². The fourth-order valence-corrected chi connectivity index (χ4v) is 8.23. The average molecular weight is 905 g/mol. The van der Waals surface area contributed by atoms with Crippen LogP contribution in [0.3, 0.4) is 0 Å². The third-order valence-electron chi connectivity index (χ3n) is 11.7. The number of anilines is 2. The summed E-state index contributed by atoms with van der Waals surface area (Å²) in [5, 5.41) is 8.45. The fraction of sp³-hybridized carbons (Fsp3) is 0.471. The van der Waals surface area contributed by atoms with Crippen molar-refractivity contribution >= 4 is 29.3 Å². The van der Waals surface area contributed by atoms with E-state index in [0.29, 0.717) is 49.9 Å². The van der Waals surface area contributed by atoms with Gasteiger partial charge in [-0.3, -0.25) is 9.59 Å². The second kappa shape index (κ2) is 24.6. The summed E-state index contributed by atoms with van der Waals surface area (Å²) in [6.07, 6.45) is 7.27. The Labute approximate surface area is 380 Å². The summed E-state index contributed by atoms with van der Waals surface area (Å²) >= 11 is 0. The third-order valence-corrected chi connectivity index (χ3v) is 11.7. The fourth-order valence-electron chi connectivity index (χ4n) is 8.23. The first-order valence-corrected chi connectivity index (χ1v) is 22.7. The van der Waals surface area contributed by atoms with Crippen LogP contribution in [0.2, 0.25) is 0 Å². The van der Waals surface area contributed by atoms with Crippen molar-refractivity contribution in [1.29, 1.82) is 0 Å². The maximum Gasteiger partial charge on any atom is 0.410 e. The third kappa shape index (κ3) is 15.5. The van der Waals surface area contributed by atoms with Crippen LogP contribution in [0.1, 0.15) is 119 Å². The zero-order valence-corrected chi connectivity index (χ0v) is 38.3. The van der Waals surface area contributed by atoms with Crippen molar-refractivity contribution < 1.29 is 46.2 Å². The molecular formula is C51H64F4N4O6. The maximum atomic E-state index is 14.6. The number of likely N-dealkylation sites (tertiary alicyclic amines) is 1. The van der Waals surface area contributed by atoms with Gasteiger partial charge in [-0.05, 0) is 156 Å². The summed E-state index contributed by atoms with van der Waals surface area (Å²) in [5.41, 5.74) is 2.48. The van der Waals surface area contributed by atoms with Crippen LogP contribution in [-0.2, 0) is 27.2 Å². The normalized spacial score (nSPS) is 14.5. The van der Waals surface area contributed by atoms with Crippen molar-refractivity contribution in [2.24, 2.45) is 0 Å². The number of carbonyl (C=O) groups excluding carboxylic acids is 3. The molecular weight excluding hydrogens is 841 g/mol. The predicted octanol–water partition coefficient (Wildman–Crippen LogP) is 11.2. The van der Waals surface area contributed by atoms with Gasteiger partial charge in [0.15, 0.2) is 0 Å². The topological polar surface area (TPSA) is 118 Å². The number of rotatable bonds is 16. The van der Waals surface area contributed by atoms with Crippen molar-refractivity contribution in [1.82, 2.24) is 10.2 Å². The molecule has 0 bridgehead atoms. The molecule has 352 valence electrons. The van der Waals surface area contributed by atoms with Gasteiger partial charge in [0.1, 0.15) is 40.4 Å². The van der Waals surface area contributed by atoms with Gasteiger partial charge in [0.2, 0.25) is 11.8 Å². The minimum Gasteiger partial charge on any atom is -0.496 e. The number of unbranched alkanes of at least 4 members (excludes halogenated alkanes) is 2. The highest BCUT2D eigenvalue weighted by Gasteiger charge is 2.29. The molecule has 0 aliphatic carbocycles. The zero-order chi connectivity index (χ0) is 46.9. The molecule has 4 aromatic carbocycles. The Morgan fingerprint density at radius 1 is 0.631 bits per heavy atom. The van der Waals surface area contributed by atoms with Gasteiger partial charge in [-0.2, -0.15) is 0 Å². The molecule has 0 atom stereocenters. The van der Waals surface area contributed by atoms with E-state index < -0.39 is 28.9 Å². The Hall–Kier alpha value is -5.63. The van der Waals surface area contributed by atoms with Crippen molar-refractivity contribution in [3.05, 3.63) is 118 Å². The van der Waals surface area contributed by atoms with Crippen LogP contribution < -0.4 is 25.4 Å². The molecule has 0 aromatic heterocycles. The van der Waals surface area contributed by atoms with Crippen molar-refractivity contribution in [2.75, 3.05) is 51.0 Å². The lowest BCUT2D eigenvalue weighted by Gasteiger charge is -2.33. The van der Waals surface area contributed by atoms with Crippen LogP contribution in [-0.4, -0.2) is 68.8 Å². The highest BCUT2D eigenvalue weighted by atomic mass is 19.1. The summed E-state index contributed by atoms with van der Waals surface area (Å²) in [6.45, 7) is 7.89. The zero-order valence-electron chi connectivity index (χ0n) is 38.3. The molecule has 3 amide bonds. The number of nitrogens with zero attached hydrogens (tertiary/aromatic N) is 1. The number of carbonyl (C=O) groups is 3. The van der Waals surface area contributed by atoms with Crippen molar-refractivity contribution in [3.63, 3.8) is 0 Å². The number of aryl methyl sites for hydroxylation is 2. The number of ether oxygens (including phenoxy) is 3. The van der Waals surface area contributed by atoms with Crippen molar-refractivity contribution in [3.8, 4) is 11.5 Å². The van der Waals surface area contributed by atoms with E-state index in [1.165, 1.54) is 12.1 Å².